The molecule has 5 heteroatoms. The molecule has 0 spiro atoms. The molecule has 2 rings (SSSR count). The van der Waals surface area contributed by atoms with Crippen molar-refractivity contribution in [2.45, 2.75) is 19.8 Å². The van der Waals surface area contributed by atoms with Crippen molar-refractivity contribution >= 4 is 29.0 Å². The number of halogens is 1. The number of carbonyl (C=O) groups excluding carboxylic acids is 1. The number of fused-ring (bicyclic) bond motifs is 1. The van der Waals surface area contributed by atoms with Crippen molar-refractivity contribution in [3.63, 3.8) is 0 Å². The number of ether oxygens (including phenoxy) is 1. The molecule has 0 aliphatic carbocycles. The molecule has 1 heterocycles. The highest BCUT2D eigenvalue weighted by Gasteiger charge is 2.03. The molecule has 0 saturated heterocycles. The number of hydrogen-bond donors (Lipinski definition) is 2. The third-order valence-corrected chi connectivity index (χ3v) is 2.78. The average Bonchev–Trinajstić information content (AvgIpc) is 2.85. The van der Waals surface area contributed by atoms with Gasteiger partial charge < -0.3 is 14.8 Å². The second-order valence-corrected chi connectivity index (χ2v) is 4.32. The van der Waals surface area contributed by atoms with Gasteiger partial charge in [0.05, 0.1) is 6.61 Å². The van der Waals surface area contributed by atoms with Crippen molar-refractivity contribution in [2.24, 2.45) is 0 Å². The normalized spacial score (nSPS) is 9.84. The summed E-state index contributed by atoms with van der Waals surface area (Å²) in [6, 6.07) is 5.92. The molecule has 1 aromatic carbocycles. The van der Waals surface area contributed by atoms with E-state index in [1.165, 1.54) is 10.9 Å². The van der Waals surface area contributed by atoms with Crippen LogP contribution < -0.4 is 0 Å². The molecule has 104 valence electrons. The third kappa shape index (κ3) is 4.93. The van der Waals surface area contributed by atoms with E-state index in [0.29, 0.717) is 13.1 Å². The summed E-state index contributed by atoms with van der Waals surface area (Å²) in [6.07, 6.45) is 3.55. The number of hydrogen-bond acceptors (Lipinski definition) is 3. The zero-order valence-corrected chi connectivity index (χ0v) is 11.6. The number of aliphatic hydroxyl groups excluding tert-OH is 1. The van der Waals surface area contributed by atoms with Crippen LogP contribution in [0.25, 0.3) is 10.9 Å². The summed E-state index contributed by atoms with van der Waals surface area (Å²) in [4.78, 5) is 12.3. The number of aryl methyl sites for hydroxylation is 1. The van der Waals surface area contributed by atoms with Gasteiger partial charge in [0.2, 0.25) is 0 Å². The summed E-state index contributed by atoms with van der Waals surface area (Å²) < 4.78 is 4.15. The van der Waals surface area contributed by atoms with E-state index >= 15 is 0 Å². The highest BCUT2D eigenvalue weighted by atomic mass is 35.5. The van der Waals surface area contributed by atoms with Crippen LogP contribution in [0.1, 0.15) is 18.9 Å². The monoisotopic (exact) mass is 283 g/mol. The maximum Gasteiger partial charge on any atom is 0.293 e. The second kappa shape index (κ2) is 8.56. The van der Waals surface area contributed by atoms with Crippen molar-refractivity contribution in [1.82, 2.24) is 4.98 Å². The molecule has 0 fully saturated rings. The van der Waals surface area contributed by atoms with E-state index in [4.69, 9.17) is 16.7 Å². The zero-order valence-electron chi connectivity index (χ0n) is 10.9. The summed E-state index contributed by atoms with van der Waals surface area (Å²) in [7, 11) is 0. The molecule has 0 aliphatic rings. The van der Waals surface area contributed by atoms with Gasteiger partial charge in [0.1, 0.15) is 0 Å². The quantitative estimate of drug-likeness (QED) is 0.830. The lowest BCUT2D eigenvalue weighted by Crippen LogP contribution is -1.90. The van der Waals surface area contributed by atoms with E-state index in [-0.39, 0.29) is 6.61 Å². The van der Waals surface area contributed by atoms with Crippen molar-refractivity contribution in [1.29, 1.82) is 0 Å². The highest BCUT2D eigenvalue weighted by molar-refractivity contribution is 6.31. The van der Waals surface area contributed by atoms with Crippen LogP contribution in [0.15, 0.2) is 24.4 Å². The first-order valence-electron chi connectivity index (χ1n) is 6.14. The fourth-order valence-corrected chi connectivity index (χ4v) is 1.99. The van der Waals surface area contributed by atoms with E-state index in [1.807, 2.05) is 24.4 Å². The Morgan fingerprint density at radius 3 is 2.84 bits per heavy atom. The first-order chi connectivity index (χ1) is 9.22. The summed E-state index contributed by atoms with van der Waals surface area (Å²) in [5, 5.41) is 10.7. The fourth-order valence-electron chi connectivity index (χ4n) is 1.75. The van der Waals surface area contributed by atoms with E-state index in [2.05, 4.69) is 9.72 Å². The van der Waals surface area contributed by atoms with Gasteiger partial charge >= 0.3 is 0 Å². The number of benzene rings is 1. The molecular formula is C14H18ClNO3. The van der Waals surface area contributed by atoms with Crippen molar-refractivity contribution in [3.8, 4) is 0 Å². The van der Waals surface area contributed by atoms with Crippen LogP contribution in [0.5, 0.6) is 0 Å². The lowest BCUT2D eigenvalue weighted by atomic mass is 10.1. The van der Waals surface area contributed by atoms with Crippen LogP contribution in [0.2, 0.25) is 5.02 Å². The molecule has 0 atom stereocenters. The minimum absolute atomic E-state index is 0.221. The van der Waals surface area contributed by atoms with Gasteiger partial charge in [-0.3, -0.25) is 4.79 Å². The molecule has 19 heavy (non-hydrogen) atoms. The Hall–Kier alpha value is -1.52. The summed E-state index contributed by atoms with van der Waals surface area (Å²) >= 11 is 5.98. The number of rotatable bonds is 5. The summed E-state index contributed by atoms with van der Waals surface area (Å²) in [6.45, 7) is 2.89. The van der Waals surface area contributed by atoms with Crippen LogP contribution in [0.4, 0.5) is 0 Å². The van der Waals surface area contributed by atoms with Gasteiger partial charge in [-0.05, 0) is 43.5 Å². The first-order valence-corrected chi connectivity index (χ1v) is 6.52. The van der Waals surface area contributed by atoms with Crippen molar-refractivity contribution in [3.05, 3.63) is 35.0 Å². The smallest absolute Gasteiger partial charge is 0.293 e. The molecule has 0 amide bonds. The van der Waals surface area contributed by atoms with Crippen molar-refractivity contribution in [2.75, 3.05) is 13.2 Å². The van der Waals surface area contributed by atoms with Gasteiger partial charge in [0.15, 0.2) is 0 Å². The minimum atomic E-state index is 0.221. The molecule has 0 aliphatic heterocycles. The Kier molecular flexibility index (Phi) is 7.00. The molecule has 0 bridgehead atoms. The van der Waals surface area contributed by atoms with Gasteiger partial charge in [-0.15, -0.1) is 0 Å². The number of H-pyrrole nitrogens is 1. The van der Waals surface area contributed by atoms with E-state index in [1.54, 1.807) is 6.92 Å². The number of aromatic nitrogens is 1. The van der Waals surface area contributed by atoms with Crippen LogP contribution >= 0.6 is 11.6 Å². The fraction of sp³-hybridized carbons (Fsp3) is 0.357. The number of aliphatic hydroxyl groups is 1. The standard InChI is InChI=1S/C11H12ClNO.C3H6O2/c12-9-6-8(2-1-5-14)10-3-4-13-11(10)7-9;1-2-5-3-4/h3-4,6-7,13-14H,1-2,5H2;3H,2H2,1H3. The zero-order chi connectivity index (χ0) is 14.1. The molecule has 0 saturated carbocycles. The van der Waals surface area contributed by atoms with Crippen LogP contribution in [-0.4, -0.2) is 29.8 Å². The van der Waals surface area contributed by atoms with Gasteiger partial charge in [-0.1, -0.05) is 11.6 Å². The predicted octanol–water partition coefficient (Wildman–Crippen LogP) is 2.93. The first kappa shape index (κ1) is 15.5. The Morgan fingerprint density at radius 2 is 2.26 bits per heavy atom. The molecule has 1 aromatic heterocycles. The largest absolute Gasteiger partial charge is 0.468 e. The molecule has 2 aromatic rings. The van der Waals surface area contributed by atoms with Gasteiger partial charge in [0.25, 0.3) is 6.47 Å². The molecule has 0 unspecified atom stereocenters. The van der Waals surface area contributed by atoms with Crippen LogP contribution in [0, 0.1) is 0 Å². The number of carbonyl (C=O) groups is 1. The van der Waals surface area contributed by atoms with Crippen LogP contribution in [0.3, 0.4) is 0 Å². The highest BCUT2D eigenvalue weighted by Crippen LogP contribution is 2.23. The maximum absolute atomic E-state index is 9.18. The Morgan fingerprint density at radius 1 is 1.47 bits per heavy atom. The minimum Gasteiger partial charge on any atom is -0.468 e. The van der Waals surface area contributed by atoms with Gasteiger partial charge in [-0.2, -0.15) is 0 Å². The molecular weight excluding hydrogens is 266 g/mol. The van der Waals surface area contributed by atoms with Crippen LogP contribution in [-0.2, 0) is 16.0 Å². The third-order valence-electron chi connectivity index (χ3n) is 2.56. The Bertz CT molecular complexity index is 510. The topological polar surface area (TPSA) is 62.3 Å². The molecule has 2 N–H and O–H groups in total. The van der Waals surface area contributed by atoms with Gasteiger partial charge in [0, 0.05) is 28.7 Å². The Balaban J connectivity index is 0.000000312. The van der Waals surface area contributed by atoms with Crippen molar-refractivity contribution < 1.29 is 14.6 Å². The summed E-state index contributed by atoms with van der Waals surface area (Å²) in [5.41, 5.74) is 2.26. The molecule has 0 radical (unpaired) electrons. The lowest BCUT2D eigenvalue weighted by Gasteiger charge is -2.03. The number of nitrogens with one attached hydrogen (secondary N) is 1. The Labute approximate surface area is 117 Å². The lowest BCUT2D eigenvalue weighted by molar-refractivity contribution is -0.128. The average molecular weight is 284 g/mol. The molecule has 4 nitrogen and oxygen atoms in total. The predicted molar refractivity (Wildman–Crippen MR) is 76.4 cm³/mol. The SMILES string of the molecule is CCOC=O.OCCCc1cc(Cl)cc2[nH]ccc12. The number of aromatic amines is 1. The van der Waals surface area contributed by atoms with E-state index in [9.17, 15) is 4.79 Å². The maximum atomic E-state index is 9.18. The van der Waals surface area contributed by atoms with E-state index < -0.39 is 0 Å². The second-order valence-electron chi connectivity index (χ2n) is 3.88. The summed E-state index contributed by atoms with van der Waals surface area (Å²) in [5.74, 6) is 0. The van der Waals surface area contributed by atoms with E-state index in [0.717, 1.165) is 23.4 Å². The van der Waals surface area contributed by atoms with Gasteiger partial charge in [-0.25, -0.2) is 0 Å².